The summed E-state index contributed by atoms with van der Waals surface area (Å²) < 4.78 is 52.3. The van der Waals surface area contributed by atoms with E-state index in [1.807, 2.05) is 0 Å². The van der Waals surface area contributed by atoms with Crippen LogP contribution in [0.4, 0.5) is 17.6 Å². The number of halogens is 4. The quantitative estimate of drug-likeness (QED) is 0.843. The molecule has 0 saturated carbocycles. The van der Waals surface area contributed by atoms with Crippen LogP contribution in [0.5, 0.6) is 0 Å². The number of benzene rings is 1. The van der Waals surface area contributed by atoms with E-state index in [1.54, 1.807) is 0 Å². The number of hydrogen-bond donors (Lipinski definition) is 2. The van der Waals surface area contributed by atoms with Crippen molar-refractivity contribution in [3.63, 3.8) is 0 Å². The molecule has 0 fully saturated rings. The lowest BCUT2D eigenvalue weighted by atomic mass is 9.94. The summed E-state index contributed by atoms with van der Waals surface area (Å²) in [5.74, 6) is -4.64. The Morgan fingerprint density at radius 3 is 2.63 bits per heavy atom. The fourth-order valence-electron chi connectivity index (χ4n) is 2.02. The minimum Gasteiger partial charge on any atom is -0.481 e. The molecule has 3 nitrogen and oxygen atoms in total. The van der Waals surface area contributed by atoms with Crippen LogP contribution in [0.15, 0.2) is 24.4 Å². The van der Waals surface area contributed by atoms with E-state index in [0.29, 0.717) is 0 Å². The Bertz CT molecular complexity index is 618. The molecule has 0 amide bonds. The number of carboxylic acids is 1. The number of aliphatic carboxylic acids is 1. The van der Waals surface area contributed by atoms with Crippen molar-refractivity contribution in [1.29, 1.82) is 0 Å². The van der Waals surface area contributed by atoms with Crippen LogP contribution in [-0.4, -0.2) is 22.2 Å². The number of nitrogens with one attached hydrogen (secondary N) is 1. The number of H-pyrrole nitrogens is 1. The third-order valence-corrected chi connectivity index (χ3v) is 2.83. The molecule has 0 spiro atoms. The molecule has 102 valence electrons. The molecule has 1 atom stereocenters. The average Bonchev–Trinajstić information content (AvgIpc) is 2.69. The summed E-state index contributed by atoms with van der Waals surface area (Å²) in [7, 11) is 0. The first-order valence-electron chi connectivity index (χ1n) is 5.34. The molecule has 0 saturated heterocycles. The van der Waals surface area contributed by atoms with Gasteiger partial charge in [0, 0.05) is 17.1 Å². The van der Waals surface area contributed by atoms with Gasteiger partial charge in [-0.1, -0.05) is 6.07 Å². The third-order valence-electron chi connectivity index (χ3n) is 2.83. The standard InChI is InChI=1S/C12H9F4NO2/c13-8-2-1-3-9-11(8)6(5-17-9)7(4-10(18)19)12(14,15)16/h1-3,5,7,17H,4H2,(H,18,19). The van der Waals surface area contributed by atoms with Gasteiger partial charge in [0.15, 0.2) is 0 Å². The minimum atomic E-state index is -4.75. The maximum absolute atomic E-state index is 13.6. The van der Waals surface area contributed by atoms with Crippen molar-refractivity contribution < 1.29 is 27.5 Å². The zero-order valence-corrected chi connectivity index (χ0v) is 9.46. The van der Waals surface area contributed by atoms with Crippen LogP contribution >= 0.6 is 0 Å². The Labute approximate surface area is 104 Å². The zero-order valence-electron chi connectivity index (χ0n) is 9.46. The molecule has 1 aromatic carbocycles. The zero-order chi connectivity index (χ0) is 14.2. The molecule has 1 aromatic heterocycles. The maximum atomic E-state index is 13.6. The number of fused-ring (bicyclic) bond motifs is 1. The van der Waals surface area contributed by atoms with E-state index < -0.39 is 30.3 Å². The van der Waals surface area contributed by atoms with E-state index in [1.165, 1.54) is 12.1 Å². The molecule has 0 aliphatic heterocycles. The van der Waals surface area contributed by atoms with E-state index in [2.05, 4.69) is 4.98 Å². The molecule has 7 heteroatoms. The van der Waals surface area contributed by atoms with Gasteiger partial charge >= 0.3 is 12.1 Å². The predicted octanol–water partition coefficient (Wildman–Crippen LogP) is 3.43. The number of rotatable bonds is 3. The van der Waals surface area contributed by atoms with Crippen molar-refractivity contribution in [2.45, 2.75) is 18.5 Å². The number of aromatic amines is 1. The van der Waals surface area contributed by atoms with Gasteiger partial charge in [-0.15, -0.1) is 0 Å². The van der Waals surface area contributed by atoms with Crippen LogP contribution < -0.4 is 0 Å². The molecule has 2 rings (SSSR count). The number of alkyl halides is 3. The Hall–Kier alpha value is -2.05. The molecule has 1 heterocycles. The van der Waals surface area contributed by atoms with Gasteiger partial charge in [0.05, 0.1) is 12.3 Å². The van der Waals surface area contributed by atoms with Crippen molar-refractivity contribution in [2.75, 3.05) is 0 Å². The molecule has 0 bridgehead atoms. The fourth-order valence-corrected chi connectivity index (χ4v) is 2.02. The second-order valence-electron chi connectivity index (χ2n) is 4.10. The van der Waals surface area contributed by atoms with E-state index in [4.69, 9.17) is 5.11 Å². The first kappa shape index (κ1) is 13.4. The van der Waals surface area contributed by atoms with Gasteiger partial charge in [-0.3, -0.25) is 4.79 Å². The van der Waals surface area contributed by atoms with E-state index in [-0.39, 0.29) is 16.5 Å². The normalized spacial score (nSPS) is 13.7. The molecule has 1 unspecified atom stereocenters. The maximum Gasteiger partial charge on any atom is 0.396 e. The van der Waals surface area contributed by atoms with Crippen molar-refractivity contribution in [3.05, 3.63) is 35.8 Å². The average molecular weight is 275 g/mol. The van der Waals surface area contributed by atoms with Crippen LogP contribution in [0.3, 0.4) is 0 Å². The Morgan fingerprint density at radius 1 is 1.37 bits per heavy atom. The summed E-state index contributed by atoms with van der Waals surface area (Å²) in [4.78, 5) is 13.1. The van der Waals surface area contributed by atoms with Crippen molar-refractivity contribution in [2.24, 2.45) is 0 Å². The first-order chi connectivity index (χ1) is 8.80. The highest BCUT2D eigenvalue weighted by atomic mass is 19.4. The summed E-state index contributed by atoms with van der Waals surface area (Å²) in [5, 5.41) is 8.37. The summed E-state index contributed by atoms with van der Waals surface area (Å²) in [5.41, 5.74) is -0.183. The summed E-state index contributed by atoms with van der Waals surface area (Å²) in [6.07, 6.45) is -4.88. The molecule has 0 aliphatic rings. The van der Waals surface area contributed by atoms with E-state index >= 15 is 0 Å². The largest absolute Gasteiger partial charge is 0.481 e. The van der Waals surface area contributed by atoms with Gasteiger partial charge in [0.1, 0.15) is 5.82 Å². The first-order valence-corrected chi connectivity index (χ1v) is 5.34. The molecule has 2 N–H and O–H groups in total. The van der Waals surface area contributed by atoms with Crippen molar-refractivity contribution in [3.8, 4) is 0 Å². The van der Waals surface area contributed by atoms with Crippen LogP contribution in [-0.2, 0) is 4.79 Å². The smallest absolute Gasteiger partial charge is 0.396 e. The molecule has 2 aromatic rings. The van der Waals surface area contributed by atoms with Crippen molar-refractivity contribution in [1.82, 2.24) is 4.98 Å². The van der Waals surface area contributed by atoms with Gasteiger partial charge in [-0.05, 0) is 17.7 Å². The summed E-state index contributed by atoms with van der Waals surface area (Å²) >= 11 is 0. The van der Waals surface area contributed by atoms with Gasteiger partial charge in [-0.25, -0.2) is 4.39 Å². The second kappa shape index (κ2) is 4.56. The predicted molar refractivity (Wildman–Crippen MR) is 59.3 cm³/mol. The highest BCUT2D eigenvalue weighted by Gasteiger charge is 2.43. The molecule has 19 heavy (non-hydrogen) atoms. The lowest BCUT2D eigenvalue weighted by molar-refractivity contribution is -0.163. The Balaban J connectivity index is 2.59. The van der Waals surface area contributed by atoms with Crippen LogP contribution in [0.25, 0.3) is 10.9 Å². The van der Waals surface area contributed by atoms with Gasteiger partial charge in [0.25, 0.3) is 0 Å². The van der Waals surface area contributed by atoms with Crippen LogP contribution in [0, 0.1) is 5.82 Å². The number of carboxylic acid groups (broad SMARTS) is 1. The van der Waals surface area contributed by atoms with Gasteiger partial charge in [0.2, 0.25) is 0 Å². The number of aromatic nitrogens is 1. The minimum absolute atomic E-state index is 0.203. The molecule has 0 aliphatic carbocycles. The molecular weight excluding hydrogens is 266 g/mol. The summed E-state index contributed by atoms with van der Waals surface area (Å²) in [6, 6.07) is 3.82. The number of carbonyl (C=O) groups is 1. The Morgan fingerprint density at radius 2 is 2.05 bits per heavy atom. The Kier molecular flexibility index (Phi) is 3.21. The third kappa shape index (κ3) is 2.54. The number of hydrogen-bond acceptors (Lipinski definition) is 1. The highest BCUT2D eigenvalue weighted by Crippen LogP contribution is 2.41. The summed E-state index contributed by atoms with van der Waals surface area (Å²) in [6.45, 7) is 0. The van der Waals surface area contributed by atoms with E-state index in [9.17, 15) is 22.4 Å². The van der Waals surface area contributed by atoms with Gasteiger partial charge in [-0.2, -0.15) is 13.2 Å². The lowest BCUT2D eigenvalue weighted by Gasteiger charge is -2.18. The van der Waals surface area contributed by atoms with Crippen LogP contribution in [0.1, 0.15) is 17.9 Å². The lowest BCUT2D eigenvalue weighted by Crippen LogP contribution is -2.23. The van der Waals surface area contributed by atoms with E-state index in [0.717, 1.165) is 12.3 Å². The molecular formula is C12H9F4NO2. The topological polar surface area (TPSA) is 53.1 Å². The second-order valence-corrected chi connectivity index (χ2v) is 4.10. The fraction of sp³-hybridized carbons (Fsp3) is 0.250. The molecule has 0 radical (unpaired) electrons. The van der Waals surface area contributed by atoms with Crippen LogP contribution in [0.2, 0.25) is 0 Å². The highest BCUT2D eigenvalue weighted by molar-refractivity contribution is 5.85. The van der Waals surface area contributed by atoms with Gasteiger partial charge < -0.3 is 10.1 Å². The SMILES string of the molecule is O=C(O)CC(c1c[nH]c2cccc(F)c12)C(F)(F)F. The monoisotopic (exact) mass is 275 g/mol. The van der Waals surface area contributed by atoms with Crippen molar-refractivity contribution >= 4 is 16.9 Å².